The quantitative estimate of drug-likeness (QED) is 0.542. The summed E-state index contributed by atoms with van der Waals surface area (Å²) < 4.78 is 4.90. The molecule has 32 heavy (non-hydrogen) atoms. The Bertz CT molecular complexity index is 961. The molecule has 5 nitrogen and oxygen atoms in total. The second-order valence-corrected chi connectivity index (χ2v) is 9.51. The number of ether oxygens (including phenoxy) is 1. The van der Waals surface area contributed by atoms with Crippen LogP contribution in [-0.4, -0.2) is 41.6 Å². The summed E-state index contributed by atoms with van der Waals surface area (Å²) in [6.45, 7) is 3.57. The molecule has 0 aliphatic carbocycles. The number of piperidine rings is 1. The van der Waals surface area contributed by atoms with Gasteiger partial charge in [-0.05, 0) is 48.2 Å². The summed E-state index contributed by atoms with van der Waals surface area (Å²) >= 11 is 12.5. The molecular formula is C25H29Cl2NO4. The lowest BCUT2D eigenvalue weighted by Crippen LogP contribution is -2.56. The van der Waals surface area contributed by atoms with Crippen molar-refractivity contribution in [2.24, 2.45) is 5.41 Å². The number of carbonyl (C=O) groups is 2. The molecule has 0 saturated carbocycles. The molecule has 4 atom stereocenters. The van der Waals surface area contributed by atoms with E-state index < -0.39 is 17.4 Å². The predicted octanol–water partition coefficient (Wildman–Crippen LogP) is 5.39. The highest BCUT2D eigenvalue weighted by atomic mass is 35.5. The van der Waals surface area contributed by atoms with Gasteiger partial charge in [0.1, 0.15) is 0 Å². The first-order valence-corrected chi connectivity index (χ1v) is 11.5. The molecule has 1 aliphatic rings. The fraction of sp³-hybridized carbons (Fsp3) is 0.440. The maximum Gasteiger partial charge on any atom is 0.306 e. The van der Waals surface area contributed by atoms with Crippen LogP contribution in [-0.2, 0) is 14.3 Å². The van der Waals surface area contributed by atoms with Crippen LogP contribution < -0.4 is 0 Å². The van der Waals surface area contributed by atoms with Crippen LogP contribution in [0.2, 0.25) is 10.0 Å². The average Bonchev–Trinajstić information content (AvgIpc) is 2.78. The van der Waals surface area contributed by atoms with E-state index in [1.807, 2.05) is 43.3 Å². The van der Waals surface area contributed by atoms with Crippen molar-refractivity contribution in [1.82, 2.24) is 4.90 Å². The number of aliphatic hydroxyl groups is 1. The van der Waals surface area contributed by atoms with Crippen molar-refractivity contribution in [3.63, 3.8) is 0 Å². The number of aliphatic hydroxyl groups excluding tert-OH is 1. The molecule has 7 heteroatoms. The zero-order valence-electron chi connectivity index (χ0n) is 18.6. The van der Waals surface area contributed by atoms with Gasteiger partial charge < -0.3 is 14.7 Å². The van der Waals surface area contributed by atoms with Crippen LogP contribution in [0, 0.1) is 5.41 Å². The Morgan fingerprint density at radius 2 is 1.88 bits per heavy atom. The highest BCUT2D eigenvalue weighted by Crippen LogP contribution is 2.52. The molecule has 1 aliphatic heterocycles. The summed E-state index contributed by atoms with van der Waals surface area (Å²) in [6, 6.07) is 14.3. The van der Waals surface area contributed by atoms with Crippen LogP contribution >= 0.6 is 23.2 Å². The first kappa shape index (κ1) is 24.6. The van der Waals surface area contributed by atoms with Gasteiger partial charge in [-0.2, -0.15) is 0 Å². The SMILES string of the molecule is CCC(CO)N1C(=O)[C@@](C)(CC(=O)OC)CC(c2cccc(Cl)c2)[C@H]1c1ccc(Cl)cc1. The molecule has 1 saturated heterocycles. The van der Waals surface area contributed by atoms with Crippen LogP contribution in [0.3, 0.4) is 0 Å². The van der Waals surface area contributed by atoms with Crippen LogP contribution in [0.15, 0.2) is 48.5 Å². The maximum atomic E-state index is 13.9. The molecule has 1 heterocycles. The smallest absolute Gasteiger partial charge is 0.306 e. The summed E-state index contributed by atoms with van der Waals surface area (Å²) in [6.07, 6.45) is 0.973. The lowest BCUT2D eigenvalue weighted by molar-refractivity contribution is -0.162. The van der Waals surface area contributed by atoms with Crippen molar-refractivity contribution in [3.8, 4) is 0 Å². The van der Waals surface area contributed by atoms with Crippen LogP contribution in [0.1, 0.15) is 56.2 Å². The van der Waals surface area contributed by atoms with E-state index in [2.05, 4.69) is 0 Å². The Balaban J connectivity index is 2.21. The monoisotopic (exact) mass is 477 g/mol. The summed E-state index contributed by atoms with van der Waals surface area (Å²) in [7, 11) is 1.32. The van der Waals surface area contributed by atoms with Gasteiger partial charge in [-0.3, -0.25) is 9.59 Å². The molecule has 1 amide bonds. The highest BCUT2D eigenvalue weighted by molar-refractivity contribution is 6.30. The van der Waals surface area contributed by atoms with Gasteiger partial charge in [0.2, 0.25) is 5.91 Å². The van der Waals surface area contributed by atoms with E-state index in [-0.39, 0.29) is 30.9 Å². The topological polar surface area (TPSA) is 66.8 Å². The van der Waals surface area contributed by atoms with Crippen LogP contribution in [0.4, 0.5) is 0 Å². The molecule has 0 spiro atoms. The molecule has 1 N–H and O–H groups in total. The number of likely N-dealkylation sites (tertiary alicyclic amines) is 1. The van der Waals surface area contributed by atoms with E-state index in [4.69, 9.17) is 27.9 Å². The lowest BCUT2D eigenvalue weighted by atomic mass is 9.67. The fourth-order valence-corrected chi connectivity index (χ4v) is 5.08. The van der Waals surface area contributed by atoms with Gasteiger partial charge in [0, 0.05) is 16.0 Å². The van der Waals surface area contributed by atoms with Crippen LogP contribution in [0.5, 0.6) is 0 Å². The first-order chi connectivity index (χ1) is 15.2. The second kappa shape index (κ2) is 10.2. The third kappa shape index (κ3) is 4.95. The lowest BCUT2D eigenvalue weighted by Gasteiger charge is -2.51. The standard InChI is InChI=1S/C25H29Cl2NO4/c1-4-20(15-29)28-23(16-8-10-18(26)11-9-16)21(17-6-5-7-19(27)12-17)13-25(2,24(28)31)14-22(30)32-3/h5-12,20-21,23,29H,4,13-15H2,1-3H3/t20?,21?,23-,25-/m1/s1. The van der Waals surface area contributed by atoms with E-state index in [0.29, 0.717) is 22.9 Å². The zero-order chi connectivity index (χ0) is 23.5. The number of benzene rings is 2. The summed E-state index contributed by atoms with van der Waals surface area (Å²) in [5.74, 6) is -0.752. The summed E-state index contributed by atoms with van der Waals surface area (Å²) in [5, 5.41) is 11.4. The maximum absolute atomic E-state index is 13.9. The Hall–Kier alpha value is -2.08. The van der Waals surface area contributed by atoms with Gasteiger partial charge in [0.15, 0.2) is 0 Å². The summed E-state index contributed by atoms with van der Waals surface area (Å²) in [5.41, 5.74) is 0.907. The van der Waals surface area contributed by atoms with E-state index in [1.54, 1.807) is 24.0 Å². The Labute approximate surface area is 199 Å². The number of hydrogen-bond acceptors (Lipinski definition) is 4. The molecule has 2 aromatic rings. The van der Waals surface area contributed by atoms with Gasteiger partial charge in [0.05, 0.1) is 37.6 Å². The molecule has 1 fully saturated rings. The van der Waals surface area contributed by atoms with Crippen LogP contribution in [0.25, 0.3) is 0 Å². The molecule has 2 unspecified atom stereocenters. The van der Waals surface area contributed by atoms with E-state index in [1.165, 1.54) is 7.11 Å². The largest absolute Gasteiger partial charge is 0.469 e. The number of nitrogens with zero attached hydrogens (tertiary/aromatic N) is 1. The molecule has 0 aromatic heterocycles. The number of methoxy groups -OCH3 is 1. The molecule has 172 valence electrons. The fourth-order valence-electron chi connectivity index (χ4n) is 4.75. The Morgan fingerprint density at radius 1 is 1.19 bits per heavy atom. The van der Waals surface area contributed by atoms with Crippen molar-refractivity contribution in [3.05, 3.63) is 69.7 Å². The van der Waals surface area contributed by atoms with Crippen molar-refractivity contribution in [1.29, 1.82) is 0 Å². The van der Waals surface area contributed by atoms with E-state index >= 15 is 0 Å². The van der Waals surface area contributed by atoms with Gasteiger partial charge in [-0.25, -0.2) is 0 Å². The molecule has 0 radical (unpaired) electrons. The molecular weight excluding hydrogens is 449 g/mol. The van der Waals surface area contributed by atoms with Crippen molar-refractivity contribution in [2.45, 2.75) is 51.1 Å². The minimum Gasteiger partial charge on any atom is -0.469 e. The number of hydrogen-bond donors (Lipinski definition) is 1. The van der Waals surface area contributed by atoms with Gasteiger partial charge in [0.25, 0.3) is 0 Å². The molecule has 2 aromatic carbocycles. The van der Waals surface area contributed by atoms with Gasteiger partial charge in [-0.15, -0.1) is 0 Å². The normalized spacial score (nSPS) is 24.3. The third-order valence-corrected chi connectivity index (χ3v) is 6.92. The third-order valence-electron chi connectivity index (χ3n) is 6.43. The molecule has 3 rings (SSSR count). The van der Waals surface area contributed by atoms with E-state index in [0.717, 1.165) is 11.1 Å². The number of carbonyl (C=O) groups excluding carboxylic acids is 2. The van der Waals surface area contributed by atoms with E-state index in [9.17, 15) is 14.7 Å². The van der Waals surface area contributed by atoms with Crippen molar-refractivity contribution >= 4 is 35.1 Å². The minimum absolute atomic E-state index is 0.0366. The number of halogens is 2. The van der Waals surface area contributed by atoms with Crippen molar-refractivity contribution in [2.75, 3.05) is 13.7 Å². The first-order valence-electron chi connectivity index (χ1n) is 10.8. The predicted molar refractivity (Wildman–Crippen MR) is 126 cm³/mol. The van der Waals surface area contributed by atoms with Crippen molar-refractivity contribution < 1.29 is 19.4 Å². The van der Waals surface area contributed by atoms with Gasteiger partial charge >= 0.3 is 5.97 Å². The Morgan fingerprint density at radius 3 is 2.44 bits per heavy atom. The number of esters is 1. The average molecular weight is 478 g/mol. The number of rotatable bonds is 7. The molecule has 0 bridgehead atoms. The number of amides is 1. The minimum atomic E-state index is -0.981. The second-order valence-electron chi connectivity index (χ2n) is 8.63. The van der Waals surface area contributed by atoms with Gasteiger partial charge in [-0.1, -0.05) is 61.3 Å². The highest BCUT2D eigenvalue weighted by Gasteiger charge is 2.52. The Kier molecular flexibility index (Phi) is 7.86. The zero-order valence-corrected chi connectivity index (χ0v) is 20.1. The summed E-state index contributed by atoms with van der Waals surface area (Å²) in [4.78, 5) is 27.9.